The van der Waals surface area contributed by atoms with Crippen LogP contribution in [0.5, 0.6) is 0 Å². The molecular weight excluding hydrogens is 314 g/mol. The van der Waals surface area contributed by atoms with Crippen molar-refractivity contribution in [1.29, 1.82) is 0 Å². The molecule has 2 N–H and O–H groups in total. The minimum absolute atomic E-state index is 0.00232. The van der Waals surface area contributed by atoms with Crippen LogP contribution in [0.25, 0.3) is 11.3 Å². The van der Waals surface area contributed by atoms with Gasteiger partial charge >= 0.3 is 0 Å². The molecule has 0 saturated heterocycles. The maximum atomic E-state index is 13.4. The first-order valence-electron chi connectivity index (χ1n) is 9.14. The van der Waals surface area contributed by atoms with E-state index in [1.54, 1.807) is 4.57 Å². The molecule has 1 aliphatic rings. The molecule has 0 fully saturated rings. The third-order valence-corrected chi connectivity index (χ3v) is 5.25. The van der Waals surface area contributed by atoms with Gasteiger partial charge in [-0.3, -0.25) is 9.36 Å². The Morgan fingerprint density at radius 2 is 2.08 bits per heavy atom. The van der Waals surface area contributed by atoms with Crippen LogP contribution in [-0.2, 0) is 18.4 Å². The van der Waals surface area contributed by atoms with E-state index < -0.39 is 0 Å². The first-order chi connectivity index (χ1) is 12.1. The summed E-state index contributed by atoms with van der Waals surface area (Å²) in [6.07, 6.45) is 2.60. The largest absolute Gasteiger partial charge is 0.395 e. The van der Waals surface area contributed by atoms with E-state index >= 15 is 0 Å². The summed E-state index contributed by atoms with van der Waals surface area (Å²) in [5.74, 6) is 0.551. The molecule has 1 atom stereocenters. The fourth-order valence-electron chi connectivity index (χ4n) is 3.74. The predicted octanol–water partition coefficient (Wildman–Crippen LogP) is 2.95. The minimum atomic E-state index is -0.210. The van der Waals surface area contributed by atoms with E-state index in [1.165, 1.54) is 5.56 Å². The van der Waals surface area contributed by atoms with E-state index in [0.29, 0.717) is 19.0 Å². The van der Waals surface area contributed by atoms with Crippen LogP contribution in [0.1, 0.15) is 44.7 Å². The Hall–Kier alpha value is -2.14. The standard InChI is InChI=1S/C20H27N3O2/c1-4-11-23-18(25)16-17(22-19(23)21-10-12-24)15-9-7-6-8-14(15)13-20(16,3)5-2/h6-9,24H,4-5,10-13H2,1-3H3,(H,21,22). The Morgan fingerprint density at radius 1 is 1.32 bits per heavy atom. The van der Waals surface area contributed by atoms with Crippen molar-refractivity contribution < 1.29 is 5.11 Å². The minimum Gasteiger partial charge on any atom is -0.395 e. The number of hydrogen-bond acceptors (Lipinski definition) is 4. The van der Waals surface area contributed by atoms with E-state index in [9.17, 15) is 4.79 Å². The molecule has 0 aliphatic heterocycles. The van der Waals surface area contributed by atoms with Crippen LogP contribution in [0.3, 0.4) is 0 Å². The van der Waals surface area contributed by atoms with Gasteiger partial charge in [0, 0.05) is 24.1 Å². The summed E-state index contributed by atoms with van der Waals surface area (Å²) < 4.78 is 1.73. The molecule has 1 unspecified atom stereocenters. The third kappa shape index (κ3) is 2.97. The van der Waals surface area contributed by atoms with Crippen molar-refractivity contribution in [3.8, 4) is 11.3 Å². The van der Waals surface area contributed by atoms with Crippen LogP contribution < -0.4 is 10.9 Å². The Kier molecular flexibility index (Phi) is 4.95. The molecule has 3 rings (SSSR count). The number of nitrogens with one attached hydrogen (secondary N) is 1. The summed E-state index contributed by atoms with van der Waals surface area (Å²) in [6, 6.07) is 8.22. The van der Waals surface area contributed by atoms with Crippen molar-refractivity contribution in [2.45, 2.75) is 52.0 Å². The number of anilines is 1. The summed E-state index contributed by atoms with van der Waals surface area (Å²) in [5, 5.41) is 12.3. The molecule has 25 heavy (non-hydrogen) atoms. The Labute approximate surface area is 148 Å². The summed E-state index contributed by atoms with van der Waals surface area (Å²) in [5.41, 5.74) is 3.76. The van der Waals surface area contributed by atoms with Gasteiger partial charge in [-0.15, -0.1) is 0 Å². The van der Waals surface area contributed by atoms with E-state index in [-0.39, 0.29) is 17.6 Å². The van der Waals surface area contributed by atoms with Crippen molar-refractivity contribution in [3.63, 3.8) is 0 Å². The Morgan fingerprint density at radius 3 is 2.76 bits per heavy atom. The second-order valence-electron chi connectivity index (χ2n) is 7.01. The van der Waals surface area contributed by atoms with E-state index in [4.69, 9.17) is 10.1 Å². The van der Waals surface area contributed by atoms with Gasteiger partial charge in [-0.25, -0.2) is 4.98 Å². The zero-order valence-corrected chi connectivity index (χ0v) is 15.3. The lowest BCUT2D eigenvalue weighted by molar-refractivity contribution is 0.310. The van der Waals surface area contributed by atoms with Gasteiger partial charge in [0.2, 0.25) is 5.95 Å². The topological polar surface area (TPSA) is 67.2 Å². The van der Waals surface area contributed by atoms with Gasteiger partial charge in [-0.1, -0.05) is 45.0 Å². The number of aliphatic hydroxyl groups is 1. The van der Waals surface area contributed by atoms with E-state index in [0.717, 1.165) is 36.1 Å². The highest BCUT2D eigenvalue weighted by Crippen LogP contribution is 2.42. The van der Waals surface area contributed by atoms with Gasteiger partial charge in [0.05, 0.1) is 17.9 Å². The lowest BCUT2D eigenvalue weighted by Gasteiger charge is -2.36. The van der Waals surface area contributed by atoms with Gasteiger partial charge in [-0.2, -0.15) is 0 Å². The van der Waals surface area contributed by atoms with Crippen LogP contribution in [0.15, 0.2) is 29.1 Å². The number of hydrogen-bond donors (Lipinski definition) is 2. The molecular formula is C20H27N3O2. The first-order valence-corrected chi connectivity index (χ1v) is 9.14. The van der Waals surface area contributed by atoms with Crippen LogP contribution in [0.2, 0.25) is 0 Å². The second-order valence-corrected chi connectivity index (χ2v) is 7.01. The average molecular weight is 341 g/mol. The molecule has 134 valence electrons. The number of rotatable bonds is 6. The normalized spacial score (nSPS) is 18.6. The van der Waals surface area contributed by atoms with Crippen molar-refractivity contribution in [2.75, 3.05) is 18.5 Å². The fraction of sp³-hybridized carbons (Fsp3) is 0.500. The zero-order chi connectivity index (χ0) is 18.0. The van der Waals surface area contributed by atoms with Crippen molar-refractivity contribution in [3.05, 3.63) is 45.7 Å². The fourth-order valence-corrected chi connectivity index (χ4v) is 3.74. The summed E-state index contributed by atoms with van der Waals surface area (Å²) in [4.78, 5) is 18.2. The molecule has 5 heteroatoms. The van der Waals surface area contributed by atoms with Gasteiger partial charge in [0.15, 0.2) is 0 Å². The highest BCUT2D eigenvalue weighted by atomic mass is 16.3. The molecule has 1 aromatic heterocycles. The zero-order valence-electron chi connectivity index (χ0n) is 15.3. The van der Waals surface area contributed by atoms with Crippen molar-refractivity contribution in [2.24, 2.45) is 0 Å². The maximum Gasteiger partial charge on any atom is 0.259 e. The van der Waals surface area contributed by atoms with Gasteiger partial charge in [0.25, 0.3) is 5.56 Å². The summed E-state index contributed by atoms with van der Waals surface area (Å²) >= 11 is 0. The predicted molar refractivity (Wildman–Crippen MR) is 101 cm³/mol. The molecule has 1 heterocycles. The average Bonchev–Trinajstić information content (AvgIpc) is 2.62. The Balaban J connectivity index is 2.31. The summed E-state index contributed by atoms with van der Waals surface area (Å²) in [7, 11) is 0. The highest BCUT2D eigenvalue weighted by Gasteiger charge is 2.38. The SMILES string of the molecule is CCCn1c(NCCO)nc2c(c1=O)C(C)(CC)Cc1ccccc1-2. The van der Waals surface area contributed by atoms with Crippen molar-refractivity contribution in [1.82, 2.24) is 9.55 Å². The number of aliphatic hydroxyl groups excluding tert-OH is 1. The van der Waals surface area contributed by atoms with E-state index in [2.05, 4.69) is 38.2 Å². The molecule has 2 aromatic rings. The molecule has 0 amide bonds. The molecule has 1 aromatic carbocycles. The maximum absolute atomic E-state index is 13.4. The third-order valence-electron chi connectivity index (χ3n) is 5.25. The van der Waals surface area contributed by atoms with Crippen LogP contribution in [0.4, 0.5) is 5.95 Å². The monoisotopic (exact) mass is 341 g/mol. The number of fused-ring (bicyclic) bond motifs is 3. The van der Waals surface area contributed by atoms with Gasteiger partial charge < -0.3 is 10.4 Å². The van der Waals surface area contributed by atoms with Crippen LogP contribution >= 0.6 is 0 Å². The highest BCUT2D eigenvalue weighted by molar-refractivity contribution is 5.72. The molecule has 5 nitrogen and oxygen atoms in total. The molecule has 0 radical (unpaired) electrons. The lowest BCUT2D eigenvalue weighted by Crippen LogP contribution is -2.40. The van der Waals surface area contributed by atoms with E-state index in [1.807, 2.05) is 12.1 Å². The quantitative estimate of drug-likeness (QED) is 0.848. The van der Waals surface area contributed by atoms with Crippen LogP contribution in [-0.4, -0.2) is 27.8 Å². The molecule has 0 saturated carbocycles. The second kappa shape index (κ2) is 7.00. The number of benzene rings is 1. The number of aromatic nitrogens is 2. The van der Waals surface area contributed by atoms with Crippen molar-refractivity contribution >= 4 is 5.95 Å². The van der Waals surface area contributed by atoms with Crippen LogP contribution in [0, 0.1) is 0 Å². The smallest absolute Gasteiger partial charge is 0.259 e. The molecule has 0 spiro atoms. The first kappa shape index (κ1) is 17.7. The lowest BCUT2D eigenvalue weighted by atomic mass is 9.69. The van der Waals surface area contributed by atoms with Gasteiger partial charge in [-0.05, 0) is 24.8 Å². The number of nitrogens with zero attached hydrogens (tertiary/aromatic N) is 2. The molecule has 0 bridgehead atoms. The van der Waals surface area contributed by atoms with Gasteiger partial charge in [0.1, 0.15) is 0 Å². The molecule has 1 aliphatic carbocycles. The Bertz CT molecular complexity index is 828. The summed E-state index contributed by atoms with van der Waals surface area (Å²) in [6.45, 7) is 7.36.